The number of rotatable bonds is 4. The van der Waals surface area contributed by atoms with Crippen molar-refractivity contribution in [3.63, 3.8) is 0 Å². The molecule has 1 N–H and O–H groups in total. The van der Waals surface area contributed by atoms with Gasteiger partial charge in [-0.2, -0.15) is 5.10 Å². The summed E-state index contributed by atoms with van der Waals surface area (Å²) in [6.45, 7) is 6.75. The molecule has 1 saturated carbocycles. The molecule has 1 aliphatic rings. The Balaban J connectivity index is 2.21. The van der Waals surface area contributed by atoms with Crippen LogP contribution in [0.2, 0.25) is 0 Å². The predicted molar refractivity (Wildman–Crippen MR) is 71.6 cm³/mol. The van der Waals surface area contributed by atoms with E-state index in [1.54, 1.807) is 11.0 Å². The second-order valence-corrected chi connectivity index (χ2v) is 6.24. The topological polar surface area (TPSA) is 68.0 Å². The Morgan fingerprint density at radius 2 is 2.21 bits per heavy atom. The highest BCUT2D eigenvalue weighted by molar-refractivity contribution is 5.70. The minimum atomic E-state index is -0.715. The van der Waals surface area contributed by atoms with E-state index in [1.807, 2.05) is 0 Å². The fraction of sp³-hybridized carbons (Fsp3) is 0.786. The number of aromatic nitrogens is 3. The van der Waals surface area contributed by atoms with Crippen molar-refractivity contribution >= 4 is 5.97 Å². The second-order valence-electron chi connectivity index (χ2n) is 6.24. The van der Waals surface area contributed by atoms with Gasteiger partial charge < -0.3 is 5.11 Å². The average Bonchev–Trinajstić information content (AvgIpc) is 2.91. The van der Waals surface area contributed by atoms with Crippen molar-refractivity contribution < 1.29 is 9.90 Å². The first kappa shape index (κ1) is 14.0. The second kappa shape index (κ2) is 5.31. The van der Waals surface area contributed by atoms with E-state index in [9.17, 15) is 9.90 Å². The molecule has 0 aromatic carbocycles. The number of aliphatic carboxylic acids is 1. The van der Waals surface area contributed by atoms with Crippen LogP contribution in [0.5, 0.6) is 0 Å². The molecule has 1 heterocycles. The summed E-state index contributed by atoms with van der Waals surface area (Å²) in [5.74, 6) is -0.513. The fourth-order valence-corrected chi connectivity index (χ4v) is 3.11. The van der Waals surface area contributed by atoms with E-state index in [0.717, 1.165) is 25.7 Å². The summed E-state index contributed by atoms with van der Waals surface area (Å²) in [6.07, 6.45) is 6.83. The first-order valence-electron chi connectivity index (χ1n) is 7.02. The van der Waals surface area contributed by atoms with Crippen molar-refractivity contribution in [2.24, 2.45) is 17.3 Å². The average molecular weight is 265 g/mol. The van der Waals surface area contributed by atoms with Crippen molar-refractivity contribution in [1.82, 2.24) is 14.8 Å². The van der Waals surface area contributed by atoms with Crippen LogP contribution in [-0.2, 0) is 4.79 Å². The lowest BCUT2D eigenvalue weighted by molar-refractivity contribution is -0.145. The van der Waals surface area contributed by atoms with Gasteiger partial charge in [-0.1, -0.05) is 27.2 Å². The molecular formula is C14H23N3O2. The Hall–Kier alpha value is -1.39. The van der Waals surface area contributed by atoms with E-state index in [4.69, 9.17) is 0 Å². The van der Waals surface area contributed by atoms with Crippen LogP contribution >= 0.6 is 0 Å². The standard InChI is InChI=1S/C14H23N3O2/c1-4-14(2,3)10-5-6-11(13(18)19)12(7-10)17-9-15-8-16-17/h8-12H,4-7H2,1-3H3,(H,18,19). The molecule has 0 radical (unpaired) electrons. The van der Waals surface area contributed by atoms with Crippen LogP contribution in [0.1, 0.15) is 52.5 Å². The fourth-order valence-electron chi connectivity index (χ4n) is 3.11. The summed E-state index contributed by atoms with van der Waals surface area (Å²) >= 11 is 0. The molecule has 1 aromatic heterocycles. The molecule has 0 spiro atoms. The first-order chi connectivity index (χ1) is 8.95. The highest BCUT2D eigenvalue weighted by Gasteiger charge is 2.41. The zero-order chi connectivity index (χ0) is 14.0. The number of hydrogen-bond acceptors (Lipinski definition) is 3. The molecule has 3 unspecified atom stereocenters. The lowest BCUT2D eigenvalue weighted by atomic mass is 9.66. The molecule has 5 nitrogen and oxygen atoms in total. The lowest BCUT2D eigenvalue weighted by Crippen LogP contribution is -2.37. The van der Waals surface area contributed by atoms with Crippen molar-refractivity contribution in [2.45, 2.75) is 52.5 Å². The van der Waals surface area contributed by atoms with Gasteiger partial charge in [0.25, 0.3) is 0 Å². The van der Waals surface area contributed by atoms with Crippen LogP contribution in [0, 0.1) is 17.3 Å². The van der Waals surface area contributed by atoms with Crippen LogP contribution in [-0.4, -0.2) is 25.8 Å². The van der Waals surface area contributed by atoms with Gasteiger partial charge in [-0.15, -0.1) is 0 Å². The first-order valence-corrected chi connectivity index (χ1v) is 7.02. The van der Waals surface area contributed by atoms with Gasteiger partial charge in [0.1, 0.15) is 12.7 Å². The predicted octanol–water partition coefficient (Wildman–Crippen LogP) is 2.76. The maximum Gasteiger partial charge on any atom is 0.308 e. The summed E-state index contributed by atoms with van der Waals surface area (Å²) in [7, 11) is 0. The monoisotopic (exact) mass is 265 g/mol. The van der Waals surface area contributed by atoms with Gasteiger partial charge in [-0.3, -0.25) is 4.79 Å². The third-order valence-electron chi connectivity index (χ3n) is 4.93. The molecule has 3 atom stereocenters. The van der Waals surface area contributed by atoms with Crippen LogP contribution in [0.4, 0.5) is 0 Å². The van der Waals surface area contributed by atoms with E-state index in [0.29, 0.717) is 5.92 Å². The SMILES string of the molecule is CCC(C)(C)C1CCC(C(=O)O)C(n2cncn2)C1. The minimum Gasteiger partial charge on any atom is -0.481 e. The normalized spacial score (nSPS) is 28.3. The van der Waals surface area contributed by atoms with Gasteiger partial charge >= 0.3 is 5.97 Å². The zero-order valence-electron chi connectivity index (χ0n) is 11.9. The molecular weight excluding hydrogens is 242 g/mol. The Kier molecular flexibility index (Phi) is 3.92. The van der Waals surface area contributed by atoms with Crippen molar-refractivity contribution in [3.8, 4) is 0 Å². The van der Waals surface area contributed by atoms with Crippen LogP contribution < -0.4 is 0 Å². The highest BCUT2D eigenvalue weighted by Crippen LogP contribution is 2.46. The maximum atomic E-state index is 11.4. The maximum absolute atomic E-state index is 11.4. The third kappa shape index (κ3) is 2.80. The Labute approximate surface area is 114 Å². The number of carbonyl (C=O) groups is 1. The van der Waals surface area contributed by atoms with E-state index in [2.05, 4.69) is 30.9 Å². The van der Waals surface area contributed by atoms with Gasteiger partial charge in [0.2, 0.25) is 0 Å². The molecule has 1 fully saturated rings. The molecule has 1 aromatic rings. The number of carboxylic acids is 1. The summed E-state index contributed by atoms with van der Waals surface area (Å²) in [5.41, 5.74) is 0.252. The number of hydrogen-bond donors (Lipinski definition) is 1. The van der Waals surface area contributed by atoms with Crippen LogP contribution in [0.15, 0.2) is 12.7 Å². The summed E-state index contributed by atoms with van der Waals surface area (Å²) in [5, 5.41) is 13.5. The van der Waals surface area contributed by atoms with E-state index in [-0.39, 0.29) is 17.4 Å². The Morgan fingerprint density at radius 1 is 1.47 bits per heavy atom. The smallest absolute Gasteiger partial charge is 0.308 e. The molecule has 19 heavy (non-hydrogen) atoms. The number of nitrogens with zero attached hydrogens (tertiary/aromatic N) is 3. The quantitative estimate of drug-likeness (QED) is 0.909. The molecule has 0 amide bonds. The third-order valence-corrected chi connectivity index (χ3v) is 4.93. The van der Waals surface area contributed by atoms with Gasteiger partial charge in [0, 0.05) is 0 Å². The molecule has 0 saturated heterocycles. The van der Waals surface area contributed by atoms with Gasteiger partial charge in [-0.25, -0.2) is 9.67 Å². The van der Waals surface area contributed by atoms with E-state index >= 15 is 0 Å². The Bertz CT molecular complexity index is 428. The molecule has 1 aliphatic carbocycles. The molecule has 0 bridgehead atoms. The largest absolute Gasteiger partial charge is 0.481 e. The van der Waals surface area contributed by atoms with Crippen molar-refractivity contribution in [3.05, 3.63) is 12.7 Å². The lowest BCUT2D eigenvalue weighted by Gasteiger charge is -2.41. The van der Waals surface area contributed by atoms with Gasteiger partial charge in [0.05, 0.1) is 12.0 Å². The summed E-state index contributed by atoms with van der Waals surface area (Å²) in [4.78, 5) is 15.4. The van der Waals surface area contributed by atoms with E-state index in [1.165, 1.54) is 6.33 Å². The van der Waals surface area contributed by atoms with Crippen molar-refractivity contribution in [2.75, 3.05) is 0 Å². The van der Waals surface area contributed by atoms with Gasteiger partial charge in [-0.05, 0) is 30.6 Å². The molecule has 0 aliphatic heterocycles. The Morgan fingerprint density at radius 3 is 2.74 bits per heavy atom. The molecule has 2 rings (SSSR count). The summed E-state index contributed by atoms with van der Waals surface area (Å²) < 4.78 is 1.73. The number of carboxylic acid groups (broad SMARTS) is 1. The van der Waals surface area contributed by atoms with E-state index < -0.39 is 5.97 Å². The minimum absolute atomic E-state index is 0.0652. The van der Waals surface area contributed by atoms with Gasteiger partial charge in [0.15, 0.2) is 0 Å². The van der Waals surface area contributed by atoms with Crippen LogP contribution in [0.3, 0.4) is 0 Å². The highest BCUT2D eigenvalue weighted by atomic mass is 16.4. The summed E-state index contributed by atoms with van der Waals surface area (Å²) in [6, 6.07) is -0.0652. The zero-order valence-corrected chi connectivity index (χ0v) is 11.9. The molecule has 106 valence electrons. The van der Waals surface area contributed by atoms with Crippen LogP contribution in [0.25, 0.3) is 0 Å². The van der Waals surface area contributed by atoms with Crippen molar-refractivity contribution in [1.29, 1.82) is 0 Å². The molecule has 5 heteroatoms.